The van der Waals surface area contributed by atoms with E-state index in [1.807, 2.05) is 4.90 Å². The zero-order valence-electron chi connectivity index (χ0n) is 16.6. The van der Waals surface area contributed by atoms with Crippen LogP contribution in [0.1, 0.15) is 33.1 Å². The van der Waals surface area contributed by atoms with E-state index in [-0.39, 0.29) is 21.9 Å². The molecule has 1 heterocycles. The first-order valence-electron chi connectivity index (χ1n) is 10.1. The van der Waals surface area contributed by atoms with Gasteiger partial charge in [0.25, 0.3) is 0 Å². The zero-order valence-corrected chi connectivity index (χ0v) is 18.2. The molecule has 1 saturated carbocycles. The third-order valence-corrected chi connectivity index (χ3v) is 8.60. The first-order valence-corrected chi connectivity index (χ1v) is 11.9. The van der Waals surface area contributed by atoms with Gasteiger partial charge in [-0.15, -0.1) is 0 Å². The van der Waals surface area contributed by atoms with Crippen LogP contribution in [0.2, 0.25) is 5.02 Å². The van der Waals surface area contributed by atoms with Gasteiger partial charge in [0.05, 0.1) is 11.6 Å². The summed E-state index contributed by atoms with van der Waals surface area (Å²) in [6, 6.07) is 6.75. The van der Waals surface area contributed by atoms with Crippen LogP contribution in [0, 0.1) is 11.8 Å². The number of benzene rings is 1. The maximum atomic E-state index is 12.8. The number of nitrogens with one attached hydrogen (secondary N) is 1. The molecule has 6 nitrogen and oxygen atoms in total. The minimum absolute atomic E-state index is 0.0355. The van der Waals surface area contributed by atoms with E-state index >= 15 is 0 Å². The predicted octanol–water partition coefficient (Wildman–Crippen LogP) is 2.59. The number of hydrogen-bond donors (Lipinski definition) is 1. The lowest BCUT2D eigenvalue weighted by atomic mass is 9.78. The smallest absolute Gasteiger partial charge is 0.244 e. The molecule has 1 aromatic rings. The van der Waals surface area contributed by atoms with Crippen molar-refractivity contribution in [2.45, 2.75) is 44.0 Å². The van der Waals surface area contributed by atoms with Crippen molar-refractivity contribution in [3.05, 3.63) is 29.3 Å². The average molecular weight is 428 g/mol. The number of carbonyl (C=O) groups excluding carboxylic acids is 1. The summed E-state index contributed by atoms with van der Waals surface area (Å²) in [5.74, 6) is 1.17. The second kappa shape index (κ2) is 9.11. The molecule has 0 unspecified atom stereocenters. The normalized spacial score (nSPS) is 27.5. The van der Waals surface area contributed by atoms with Crippen molar-refractivity contribution >= 4 is 27.5 Å². The molecule has 1 aromatic carbocycles. The number of carbonyl (C=O) groups is 1. The van der Waals surface area contributed by atoms with Gasteiger partial charge in [-0.2, -0.15) is 4.31 Å². The highest BCUT2D eigenvalue weighted by Crippen LogP contribution is 2.29. The van der Waals surface area contributed by atoms with Crippen LogP contribution in [-0.2, 0) is 14.8 Å². The number of hydrogen-bond acceptors (Lipinski definition) is 4. The molecule has 1 aliphatic carbocycles. The van der Waals surface area contributed by atoms with Gasteiger partial charge < -0.3 is 5.32 Å². The third-order valence-electron chi connectivity index (χ3n) is 6.21. The molecule has 156 valence electrons. The zero-order chi connectivity index (χ0) is 20.3. The van der Waals surface area contributed by atoms with Crippen molar-refractivity contribution in [1.82, 2.24) is 14.5 Å². The van der Waals surface area contributed by atoms with Crippen molar-refractivity contribution in [3.63, 3.8) is 0 Å². The summed E-state index contributed by atoms with van der Waals surface area (Å²) < 4.78 is 27.1. The molecular weight excluding hydrogens is 398 g/mol. The third kappa shape index (κ3) is 4.87. The van der Waals surface area contributed by atoms with Gasteiger partial charge in [-0.25, -0.2) is 8.42 Å². The summed E-state index contributed by atoms with van der Waals surface area (Å²) >= 11 is 6.07. The lowest BCUT2D eigenvalue weighted by Crippen LogP contribution is -2.52. The number of sulfonamides is 1. The van der Waals surface area contributed by atoms with E-state index in [0.717, 1.165) is 12.8 Å². The first-order chi connectivity index (χ1) is 13.3. The Balaban J connectivity index is 1.51. The van der Waals surface area contributed by atoms with Crippen LogP contribution in [0.5, 0.6) is 0 Å². The van der Waals surface area contributed by atoms with E-state index in [2.05, 4.69) is 19.2 Å². The molecule has 3 rings (SSSR count). The maximum absolute atomic E-state index is 12.8. The van der Waals surface area contributed by atoms with Crippen LogP contribution >= 0.6 is 11.6 Å². The molecule has 1 N–H and O–H groups in total. The largest absolute Gasteiger partial charge is 0.352 e. The maximum Gasteiger partial charge on any atom is 0.244 e. The quantitative estimate of drug-likeness (QED) is 0.784. The van der Waals surface area contributed by atoms with Crippen LogP contribution < -0.4 is 5.32 Å². The van der Waals surface area contributed by atoms with E-state index in [0.29, 0.717) is 44.6 Å². The molecule has 1 saturated heterocycles. The highest BCUT2D eigenvalue weighted by Gasteiger charge is 2.32. The van der Waals surface area contributed by atoms with E-state index in [1.165, 1.54) is 16.8 Å². The van der Waals surface area contributed by atoms with Gasteiger partial charge >= 0.3 is 0 Å². The molecule has 2 aliphatic rings. The summed E-state index contributed by atoms with van der Waals surface area (Å²) in [5.41, 5.74) is 0. The average Bonchev–Trinajstić information content (AvgIpc) is 2.66. The Hall–Kier alpha value is -1.15. The SMILES string of the molecule is C[C@H]1[C@H](C)CCC[C@H]1NC(=O)CN1CCN(S(=O)(=O)c2ccccc2Cl)CC1. The van der Waals surface area contributed by atoms with Gasteiger partial charge in [-0.05, 0) is 30.4 Å². The Morgan fingerprint density at radius 1 is 1.14 bits per heavy atom. The molecule has 0 spiro atoms. The Bertz CT molecular complexity index is 794. The Morgan fingerprint density at radius 3 is 2.50 bits per heavy atom. The number of rotatable bonds is 5. The van der Waals surface area contributed by atoms with Gasteiger partial charge in [-0.3, -0.25) is 9.69 Å². The summed E-state index contributed by atoms with van der Waals surface area (Å²) in [6.45, 7) is 6.57. The Kier molecular flexibility index (Phi) is 7.02. The van der Waals surface area contributed by atoms with Gasteiger partial charge in [0.2, 0.25) is 15.9 Å². The number of halogens is 1. The van der Waals surface area contributed by atoms with Crippen LogP contribution in [0.25, 0.3) is 0 Å². The summed E-state index contributed by atoms with van der Waals surface area (Å²) in [5, 5.41) is 3.43. The van der Waals surface area contributed by atoms with E-state index < -0.39 is 10.0 Å². The highest BCUT2D eigenvalue weighted by atomic mass is 35.5. The monoisotopic (exact) mass is 427 g/mol. The van der Waals surface area contributed by atoms with Crippen molar-refractivity contribution in [2.75, 3.05) is 32.7 Å². The van der Waals surface area contributed by atoms with Gasteiger partial charge in [0.15, 0.2) is 0 Å². The van der Waals surface area contributed by atoms with Crippen molar-refractivity contribution < 1.29 is 13.2 Å². The van der Waals surface area contributed by atoms with E-state index in [9.17, 15) is 13.2 Å². The second-order valence-electron chi connectivity index (χ2n) is 8.05. The molecule has 0 aromatic heterocycles. The molecule has 1 amide bonds. The van der Waals surface area contributed by atoms with Crippen molar-refractivity contribution in [2.24, 2.45) is 11.8 Å². The second-order valence-corrected chi connectivity index (χ2v) is 10.4. The molecule has 1 aliphatic heterocycles. The van der Waals surface area contributed by atoms with Gasteiger partial charge in [-0.1, -0.05) is 50.4 Å². The van der Waals surface area contributed by atoms with Crippen LogP contribution in [0.15, 0.2) is 29.2 Å². The topological polar surface area (TPSA) is 69.7 Å². The van der Waals surface area contributed by atoms with Crippen LogP contribution in [-0.4, -0.2) is 62.3 Å². The standard InChI is InChI=1S/C20H30ClN3O3S/c1-15-6-5-8-18(16(15)2)22-20(25)14-23-10-12-24(13-11-23)28(26,27)19-9-4-3-7-17(19)21/h3-4,7,9,15-16,18H,5-6,8,10-14H2,1-2H3,(H,22,25)/t15-,16+,18-/m1/s1. The fourth-order valence-electron chi connectivity index (χ4n) is 4.16. The predicted molar refractivity (Wildman–Crippen MR) is 111 cm³/mol. The van der Waals surface area contributed by atoms with Gasteiger partial charge in [0, 0.05) is 32.2 Å². The fraction of sp³-hybridized carbons (Fsp3) is 0.650. The summed E-state index contributed by atoms with van der Waals surface area (Å²) in [6.07, 6.45) is 3.44. The van der Waals surface area contributed by atoms with Crippen molar-refractivity contribution in [1.29, 1.82) is 0 Å². The lowest BCUT2D eigenvalue weighted by Gasteiger charge is -2.36. The lowest BCUT2D eigenvalue weighted by molar-refractivity contribution is -0.124. The first kappa shape index (κ1) is 21.6. The van der Waals surface area contributed by atoms with Gasteiger partial charge in [0.1, 0.15) is 4.90 Å². The molecular formula is C20H30ClN3O3S. The summed E-state index contributed by atoms with van der Waals surface area (Å²) in [4.78, 5) is 14.6. The van der Waals surface area contributed by atoms with E-state index in [1.54, 1.807) is 18.2 Å². The molecule has 2 fully saturated rings. The van der Waals surface area contributed by atoms with Crippen LogP contribution in [0.3, 0.4) is 0 Å². The van der Waals surface area contributed by atoms with Crippen molar-refractivity contribution in [3.8, 4) is 0 Å². The Morgan fingerprint density at radius 2 is 1.82 bits per heavy atom. The Labute approximate surface area is 173 Å². The van der Waals surface area contributed by atoms with Crippen LogP contribution in [0.4, 0.5) is 0 Å². The molecule has 8 heteroatoms. The number of nitrogens with zero attached hydrogens (tertiary/aromatic N) is 2. The minimum atomic E-state index is -3.61. The number of amides is 1. The van der Waals surface area contributed by atoms with E-state index in [4.69, 9.17) is 11.6 Å². The molecule has 0 radical (unpaired) electrons. The highest BCUT2D eigenvalue weighted by molar-refractivity contribution is 7.89. The minimum Gasteiger partial charge on any atom is -0.352 e. The molecule has 28 heavy (non-hydrogen) atoms. The molecule has 0 bridgehead atoms. The fourth-order valence-corrected chi connectivity index (χ4v) is 6.08. The summed E-state index contributed by atoms with van der Waals surface area (Å²) in [7, 11) is -3.61. The number of piperazine rings is 1. The molecule has 3 atom stereocenters.